The van der Waals surface area contributed by atoms with Gasteiger partial charge in [-0.25, -0.2) is 13.8 Å². The van der Waals surface area contributed by atoms with E-state index in [9.17, 15) is 18.0 Å². The van der Waals surface area contributed by atoms with Crippen molar-refractivity contribution >= 4 is 33.7 Å². The number of ether oxygens (including phenoxy) is 3. The topological polar surface area (TPSA) is 150 Å². The number of aryl methyl sites for hydroxylation is 1. The van der Waals surface area contributed by atoms with Crippen molar-refractivity contribution < 1.29 is 32.2 Å². The first-order chi connectivity index (χ1) is 18.1. The van der Waals surface area contributed by atoms with Crippen LogP contribution >= 0.6 is 0 Å². The van der Waals surface area contributed by atoms with Gasteiger partial charge in [0.05, 0.1) is 31.0 Å². The minimum atomic E-state index is -4.18. The predicted molar refractivity (Wildman–Crippen MR) is 142 cm³/mol. The molecule has 200 valence electrons. The summed E-state index contributed by atoms with van der Waals surface area (Å²) >= 11 is 0. The van der Waals surface area contributed by atoms with E-state index in [4.69, 9.17) is 19.9 Å². The Labute approximate surface area is 220 Å². The van der Waals surface area contributed by atoms with Crippen LogP contribution in [-0.4, -0.2) is 53.8 Å². The maximum atomic E-state index is 13.6. The molecule has 38 heavy (non-hydrogen) atoms. The number of sulfonamides is 1. The lowest BCUT2D eigenvalue weighted by atomic mass is 10.2. The maximum absolute atomic E-state index is 13.6. The van der Waals surface area contributed by atoms with Gasteiger partial charge in [-0.15, -0.1) is 0 Å². The lowest BCUT2D eigenvalue weighted by Gasteiger charge is -2.25. The van der Waals surface area contributed by atoms with E-state index in [1.54, 1.807) is 48.5 Å². The molecule has 0 aromatic heterocycles. The molecule has 0 bridgehead atoms. The summed E-state index contributed by atoms with van der Waals surface area (Å²) < 4.78 is 44.0. The molecule has 3 aromatic rings. The number of methoxy groups -OCH3 is 2. The van der Waals surface area contributed by atoms with Crippen LogP contribution < -0.4 is 29.7 Å². The fourth-order valence-corrected chi connectivity index (χ4v) is 4.70. The third kappa shape index (κ3) is 7.23. The lowest BCUT2D eigenvalue weighted by molar-refractivity contribution is -0.120. The monoisotopic (exact) mass is 540 g/mol. The van der Waals surface area contributed by atoms with Crippen molar-refractivity contribution in [1.29, 1.82) is 0 Å². The van der Waals surface area contributed by atoms with E-state index in [1.165, 1.54) is 38.6 Å². The van der Waals surface area contributed by atoms with Crippen LogP contribution in [0.2, 0.25) is 0 Å². The SMILES string of the molecule is COc1ccc(OC)c(N(CC(=O)N/N=C\c2ccc(OCC(N)=O)cc2)S(=O)(=O)c2ccc(C)cc2)c1. The molecule has 0 radical (unpaired) electrons. The van der Waals surface area contributed by atoms with Gasteiger partial charge in [0, 0.05) is 6.07 Å². The molecule has 0 aliphatic rings. The van der Waals surface area contributed by atoms with Crippen LogP contribution in [-0.2, 0) is 19.6 Å². The zero-order valence-electron chi connectivity index (χ0n) is 21.1. The van der Waals surface area contributed by atoms with Crippen molar-refractivity contribution in [3.8, 4) is 17.2 Å². The molecule has 0 spiro atoms. The van der Waals surface area contributed by atoms with Gasteiger partial charge in [-0.05, 0) is 61.0 Å². The van der Waals surface area contributed by atoms with Gasteiger partial charge in [0.25, 0.3) is 21.8 Å². The number of rotatable bonds is 12. The van der Waals surface area contributed by atoms with Crippen molar-refractivity contribution in [2.45, 2.75) is 11.8 Å². The number of nitrogens with two attached hydrogens (primary N) is 1. The molecule has 0 atom stereocenters. The van der Waals surface area contributed by atoms with Gasteiger partial charge in [0.1, 0.15) is 23.8 Å². The third-order valence-corrected chi connectivity index (χ3v) is 6.99. The molecule has 0 unspecified atom stereocenters. The van der Waals surface area contributed by atoms with E-state index in [0.29, 0.717) is 17.1 Å². The summed E-state index contributed by atoms with van der Waals surface area (Å²) in [6, 6.07) is 17.4. The molecular weight excluding hydrogens is 512 g/mol. The van der Waals surface area contributed by atoms with E-state index in [1.807, 2.05) is 6.92 Å². The Morgan fingerprint density at radius 2 is 1.63 bits per heavy atom. The number of carbonyl (C=O) groups is 2. The van der Waals surface area contributed by atoms with Gasteiger partial charge in [0.2, 0.25) is 0 Å². The molecule has 0 fully saturated rings. The van der Waals surface area contributed by atoms with E-state index in [-0.39, 0.29) is 22.9 Å². The zero-order valence-corrected chi connectivity index (χ0v) is 21.9. The predicted octanol–water partition coefficient (Wildman–Crippen LogP) is 2.22. The number of hydrogen-bond donors (Lipinski definition) is 2. The Kier molecular flexibility index (Phi) is 9.28. The summed E-state index contributed by atoms with van der Waals surface area (Å²) in [4.78, 5) is 23.7. The fraction of sp³-hybridized carbons (Fsp3) is 0.192. The molecule has 3 rings (SSSR count). The number of nitrogens with one attached hydrogen (secondary N) is 1. The van der Waals surface area contributed by atoms with Crippen LogP contribution in [0.25, 0.3) is 0 Å². The maximum Gasteiger partial charge on any atom is 0.264 e. The molecule has 3 N–H and O–H groups in total. The number of hydrogen-bond acceptors (Lipinski definition) is 8. The summed E-state index contributed by atoms with van der Waals surface area (Å²) in [6.45, 7) is 1.01. The second kappa shape index (κ2) is 12.6. The highest BCUT2D eigenvalue weighted by Crippen LogP contribution is 2.35. The summed E-state index contributed by atoms with van der Waals surface area (Å²) in [5.74, 6) is -0.233. The molecule has 12 heteroatoms. The number of primary amides is 1. The molecule has 11 nitrogen and oxygen atoms in total. The van der Waals surface area contributed by atoms with Crippen molar-refractivity contribution in [3.63, 3.8) is 0 Å². The van der Waals surface area contributed by atoms with Crippen LogP contribution in [0, 0.1) is 6.92 Å². The van der Waals surface area contributed by atoms with Gasteiger partial charge < -0.3 is 19.9 Å². The number of hydrazone groups is 1. The van der Waals surface area contributed by atoms with Gasteiger partial charge in [0.15, 0.2) is 6.61 Å². The first-order valence-corrected chi connectivity index (χ1v) is 12.7. The molecule has 3 aromatic carbocycles. The number of carbonyl (C=O) groups excluding carboxylic acids is 2. The van der Waals surface area contributed by atoms with Crippen LogP contribution in [0.3, 0.4) is 0 Å². The minimum absolute atomic E-state index is 0.00270. The molecule has 0 saturated heterocycles. The van der Waals surface area contributed by atoms with Crippen molar-refractivity contribution in [2.75, 3.05) is 31.7 Å². The van der Waals surface area contributed by atoms with Gasteiger partial charge >= 0.3 is 0 Å². The Balaban J connectivity index is 1.83. The number of amides is 2. The van der Waals surface area contributed by atoms with Crippen molar-refractivity contribution in [2.24, 2.45) is 10.8 Å². The second-order valence-corrected chi connectivity index (χ2v) is 9.84. The van der Waals surface area contributed by atoms with E-state index < -0.39 is 28.4 Å². The van der Waals surface area contributed by atoms with E-state index in [0.717, 1.165) is 9.87 Å². The largest absolute Gasteiger partial charge is 0.497 e. The third-order valence-electron chi connectivity index (χ3n) is 5.21. The Morgan fingerprint density at radius 1 is 0.974 bits per heavy atom. The first kappa shape index (κ1) is 28.0. The summed E-state index contributed by atoms with van der Waals surface area (Å²) in [7, 11) is -1.33. The fourth-order valence-electron chi connectivity index (χ4n) is 3.28. The van der Waals surface area contributed by atoms with Gasteiger partial charge in [-0.1, -0.05) is 17.7 Å². The Morgan fingerprint density at radius 3 is 2.24 bits per heavy atom. The highest BCUT2D eigenvalue weighted by Gasteiger charge is 2.30. The molecule has 0 aliphatic carbocycles. The van der Waals surface area contributed by atoms with Crippen LogP contribution in [0.4, 0.5) is 5.69 Å². The Bertz CT molecular complexity index is 1410. The van der Waals surface area contributed by atoms with E-state index in [2.05, 4.69) is 10.5 Å². The van der Waals surface area contributed by atoms with Crippen molar-refractivity contribution in [3.05, 3.63) is 77.9 Å². The van der Waals surface area contributed by atoms with Crippen LogP contribution in [0.1, 0.15) is 11.1 Å². The summed E-state index contributed by atoms with van der Waals surface area (Å²) in [5, 5.41) is 3.92. The Hall–Kier alpha value is -4.58. The zero-order chi connectivity index (χ0) is 27.7. The smallest absolute Gasteiger partial charge is 0.264 e. The number of anilines is 1. The second-order valence-electron chi connectivity index (χ2n) is 7.98. The normalized spacial score (nSPS) is 11.1. The highest BCUT2D eigenvalue weighted by molar-refractivity contribution is 7.92. The summed E-state index contributed by atoms with van der Waals surface area (Å²) in [6.07, 6.45) is 1.38. The highest BCUT2D eigenvalue weighted by atomic mass is 32.2. The number of benzene rings is 3. The first-order valence-electron chi connectivity index (χ1n) is 11.3. The average molecular weight is 541 g/mol. The molecule has 0 heterocycles. The minimum Gasteiger partial charge on any atom is -0.497 e. The summed E-state index contributed by atoms with van der Waals surface area (Å²) in [5.41, 5.74) is 9.02. The number of nitrogens with zero attached hydrogens (tertiary/aromatic N) is 2. The van der Waals surface area contributed by atoms with Gasteiger partial charge in [-0.2, -0.15) is 5.10 Å². The molecule has 0 aliphatic heterocycles. The van der Waals surface area contributed by atoms with Crippen molar-refractivity contribution in [1.82, 2.24) is 5.43 Å². The lowest BCUT2D eigenvalue weighted by Crippen LogP contribution is -2.39. The standard InChI is InChI=1S/C26H28N4O7S/c1-18-4-11-22(12-5-18)38(33,34)30(23-14-21(35-2)10-13-24(23)36-3)16-26(32)29-28-15-19-6-8-20(9-7-19)37-17-25(27)31/h4-15H,16-17H2,1-3H3,(H2,27,31)(H,29,32)/b28-15-. The molecule has 0 saturated carbocycles. The van der Waals surface area contributed by atoms with Gasteiger partial charge in [-0.3, -0.25) is 13.9 Å². The van der Waals surface area contributed by atoms with Crippen LogP contribution in [0.5, 0.6) is 17.2 Å². The molecular formula is C26H28N4O7S. The molecule has 2 amide bonds. The quantitative estimate of drug-likeness (QED) is 0.264. The van der Waals surface area contributed by atoms with Crippen LogP contribution in [0.15, 0.2) is 76.7 Å². The van der Waals surface area contributed by atoms with E-state index >= 15 is 0 Å². The average Bonchev–Trinajstić information content (AvgIpc) is 2.91.